The number of nitrogens with one attached hydrogen (secondary N) is 1. The molecule has 0 saturated heterocycles. The molecule has 1 aromatic heterocycles. The molecule has 1 aliphatic rings. The minimum absolute atomic E-state index is 0.0574. The van der Waals surface area contributed by atoms with Crippen molar-refractivity contribution in [2.75, 3.05) is 6.54 Å². The van der Waals surface area contributed by atoms with Crippen molar-refractivity contribution in [1.29, 1.82) is 0 Å². The lowest BCUT2D eigenvalue weighted by atomic mass is 9.89. The van der Waals surface area contributed by atoms with E-state index in [-0.39, 0.29) is 17.7 Å². The van der Waals surface area contributed by atoms with Crippen molar-refractivity contribution in [3.63, 3.8) is 0 Å². The molecule has 17 heavy (non-hydrogen) atoms. The van der Waals surface area contributed by atoms with E-state index in [2.05, 4.69) is 17.2 Å². The van der Waals surface area contributed by atoms with Crippen molar-refractivity contribution < 1.29 is 9.66 Å². The van der Waals surface area contributed by atoms with E-state index in [1.807, 2.05) is 0 Å². The van der Waals surface area contributed by atoms with Gasteiger partial charge in [0.2, 0.25) is 5.75 Å². The fraction of sp³-hybridized carbons (Fsp3) is 0.545. The summed E-state index contributed by atoms with van der Waals surface area (Å²) in [6.45, 7) is 2.99. The zero-order valence-electron chi connectivity index (χ0n) is 9.63. The molecule has 1 N–H and O–H groups in total. The first-order valence-corrected chi connectivity index (χ1v) is 5.70. The van der Waals surface area contributed by atoms with Gasteiger partial charge in [0.05, 0.1) is 0 Å². The molecule has 0 bridgehead atoms. The number of nitrogens with zero attached hydrogens (tertiary/aromatic N) is 2. The zero-order valence-corrected chi connectivity index (χ0v) is 9.63. The van der Waals surface area contributed by atoms with Gasteiger partial charge in [-0.3, -0.25) is 0 Å². The summed E-state index contributed by atoms with van der Waals surface area (Å²) in [5, 5.41) is 14.0. The Bertz CT molecular complexity index is 405. The molecule has 0 atom stereocenters. The molecule has 1 aromatic rings. The van der Waals surface area contributed by atoms with Gasteiger partial charge in [-0.25, -0.2) is 0 Å². The van der Waals surface area contributed by atoms with Crippen molar-refractivity contribution in [3.05, 3.63) is 28.4 Å². The van der Waals surface area contributed by atoms with Gasteiger partial charge in [-0.1, -0.05) is 6.92 Å². The Kier molecular flexibility index (Phi) is 3.53. The summed E-state index contributed by atoms with van der Waals surface area (Å²) >= 11 is 0. The van der Waals surface area contributed by atoms with Crippen molar-refractivity contribution in [1.82, 2.24) is 10.3 Å². The van der Waals surface area contributed by atoms with Gasteiger partial charge in [0, 0.05) is 6.04 Å². The number of nitro groups is 1. The third-order valence-corrected chi connectivity index (χ3v) is 2.81. The second-order valence-electron chi connectivity index (χ2n) is 4.05. The van der Waals surface area contributed by atoms with Crippen molar-refractivity contribution in [3.8, 4) is 5.75 Å². The Hall–Kier alpha value is -1.69. The SMILES string of the molecule is CCNC1CC(Oc2cccnc2[N+](=O)[O-])C1. The van der Waals surface area contributed by atoms with Crippen LogP contribution in [0.2, 0.25) is 0 Å². The molecular formula is C11H15N3O3. The average Bonchev–Trinajstić information content (AvgIpc) is 2.26. The van der Waals surface area contributed by atoms with Crippen LogP contribution in [0.1, 0.15) is 19.8 Å². The molecule has 1 aliphatic carbocycles. The van der Waals surface area contributed by atoms with E-state index in [0.29, 0.717) is 6.04 Å². The lowest BCUT2D eigenvalue weighted by molar-refractivity contribution is -0.390. The summed E-state index contributed by atoms with van der Waals surface area (Å²) in [6.07, 6.45) is 3.23. The molecule has 1 saturated carbocycles. The highest BCUT2D eigenvalue weighted by molar-refractivity contribution is 5.38. The molecule has 0 unspecified atom stereocenters. The van der Waals surface area contributed by atoms with Gasteiger partial charge < -0.3 is 20.2 Å². The maximum atomic E-state index is 10.7. The Balaban J connectivity index is 1.94. The van der Waals surface area contributed by atoms with Gasteiger partial charge in [0.1, 0.15) is 12.3 Å². The van der Waals surface area contributed by atoms with E-state index in [9.17, 15) is 10.1 Å². The lowest BCUT2D eigenvalue weighted by Gasteiger charge is -2.35. The highest BCUT2D eigenvalue weighted by atomic mass is 16.6. The number of pyridine rings is 1. The highest BCUT2D eigenvalue weighted by Crippen LogP contribution is 2.30. The van der Waals surface area contributed by atoms with Crippen LogP contribution >= 0.6 is 0 Å². The fourth-order valence-electron chi connectivity index (χ4n) is 1.91. The van der Waals surface area contributed by atoms with Gasteiger partial charge in [-0.2, -0.15) is 0 Å². The molecule has 6 nitrogen and oxygen atoms in total. The maximum absolute atomic E-state index is 10.7. The van der Waals surface area contributed by atoms with Crippen LogP contribution in [0.25, 0.3) is 0 Å². The third-order valence-electron chi connectivity index (χ3n) is 2.81. The summed E-state index contributed by atoms with van der Waals surface area (Å²) in [7, 11) is 0. The smallest absolute Gasteiger partial charge is 0.406 e. The predicted octanol–water partition coefficient (Wildman–Crippen LogP) is 1.51. The summed E-state index contributed by atoms with van der Waals surface area (Å²) in [5.74, 6) is 0.0526. The largest absolute Gasteiger partial charge is 0.482 e. The molecule has 92 valence electrons. The van der Waals surface area contributed by atoms with E-state index in [1.165, 1.54) is 6.20 Å². The monoisotopic (exact) mass is 237 g/mol. The van der Waals surface area contributed by atoms with Crippen LogP contribution < -0.4 is 10.1 Å². The second kappa shape index (κ2) is 5.09. The van der Waals surface area contributed by atoms with Gasteiger partial charge >= 0.3 is 5.82 Å². The van der Waals surface area contributed by atoms with Crippen LogP contribution in [0, 0.1) is 10.1 Å². The van der Waals surface area contributed by atoms with Crippen LogP contribution in [-0.2, 0) is 0 Å². The number of hydrogen-bond acceptors (Lipinski definition) is 5. The molecule has 2 rings (SSSR count). The fourth-order valence-corrected chi connectivity index (χ4v) is 1.91. The first kappa shape index (κ1) is 11.8. The van der Waals surface area contributed by atoms with Gasteiger partial charge in [-0.05, 0) is 41.4 Å². The molecule has 1 heterocycles. The van der Waals surface area contributed by atoms with E-state index in [4.69, 9.17) is 4.74 Å². The number of aromatic nitrogens is 1. The van der Waals surface area contributed by atoms with E-state index in [0.717, 1.165) is 19.4 Å². The third kappa shape index (κ3) is 2.71. The summed E-state index contributed by atoms with van der Waals surface area (Å²) in [5.41, 5.74) is 0. The van der Waals surface area contributed by atoms with Gasteiger partial charge in [0.15, 0.2) is 0 Å². The second-order valence-corrected chi connectivity index (χ2v) is 4.05. The molecule has 0 aromatic carbocycles. The Morgan fingerprint density at radius 1 is 1.65 bits per heavy atom. The standard InChI is InChI=1S/C11H15N3O3/c1-2-12-8-6-9(7-8)17-10-4-3-5-13-11(10)14(15)16/h3-5,8-9,12H,2,6-7H2,1H3. The van der Waals surface area contributed by atoms with Crippen molar-refractivity contribution in [2.45, 2.75) is 31.9 Å². The van der Waals surface area contributed by atoms with Crippen molar-refractivity contribution >= 4 is 5.82 Å². The Morgan fingerprint density at radius 2 is 2.41 bits per heavy atom. The Morgan fingerprint density at radius 3 is 3.06 bits per heavy atom. The topological polar surface area (TPSA) is 77.3 Å². The number of hydrogen-bond donors (Lipinski definition) is 1. The van der Waals surface area contributed by atoms with Crippen LogP contribution in [-0.4, -0.2) is 28.6 Å². The summed E-state index contributed by atoms with van der Waals surface area (Å²) < 4.78 is 5.58. The minimum Gasteiger partial charge on any atom is -0.482 e. The van der Waals surface area contributed by atoms with Gasteiger partial charge in [0.25, 0.3) is 0 Å². The first-order chi connectivity index (χ1) is 8.20. The first-order valence-electron chi connectivity index (χ1n) is 5.70. The molecule has 6 heteroatoms. The maximum Gasteiger partial charge on any atom is 0.406 e. The minimum atomic E-state index is -0.518. The molecule has 0 amide bonds. The van der Waals surface area contributed by atoms with Crippen LogP contribution in [0.3, 0.4) is 0 Å². The zero-order chi connectivity index (χ0) is 12.3. The number of ether oxygens (including phenoxy) is 1. The lowest BCUT2D eigenvalue weighted by Crippen LogP contribution is -2.46. The highest BCUT2D eigenvalue weighted by Gasteiger charge is 2.31. The number of rotatable bonds is 5. The molecule has 1 fully saturated rings. The molecule has 0 spiro atoms. The predicted molar refractivity (Wildman–Crippen MR) is 62.0 cm³/mol. The average molecular weight is 237 g/mol. The Labute approximate surface area is 99.2 Å². The summed E-state index contributed by atoms with van der Waals surface area (Å²) in [6, 6.07) is 3.70. The van der Waals surface area contributed by atoms with Crippen LogP contribution in [0.15, 0.2) is 18.3 Å². The quantitative estimate of drug-likeness (QED) is 0.620. The normalized spacial score (nSPS) is 22.9. The molecule has 0 radical (unpaired) electrons. The van der Waals surface area contributed by atoms with E-state index in [1.54, 1.807) is 12.1 Å². The van der Waals surface area contributed by atoms with Crippen LogP contribution in [0.4, 0.5) is 5.82 Å². The molecular weight excluding hydrogens is 222 g/mol. The van der Waals surface area contributed by atoms with Crippen LogP contribution in [0.5, 0.6) is 5.75 Å². The van der Waals surface area contributed by atoms with Gasteiger partial charge in [-0.15, -0.1) is 0 Å². The van der Waals surface area contributed by atoms with E-state index < -0.39 is 4.92 Å². The molecule has 0 aliphatic heterocycles. The van der Waals surface area contributed by atoms with Crippen molar-refractivity contribution in [2.24, 2.45) is 0 Å². The summed E-state index contributed by atoms with van der Waals surface area (Å²) in [4.78, 5) is 13.9. The van der Waals surface area contributed by atoms with E-state index >= 15 is 0 Å².